The maximum Gasteiger partial charge on any atom is 0.226 e. The van der Waals surface area contributed by atoms with Gasteiger partial charge < -0.3 is 4.90 Å². The van der Waals surface area contributed by atoms with Crippen molar-refractivity contribution in [1.29, 1.82) is 0 Å². The molecule has 11 heavy (non-hydrogen) atoms. The van der Waals surface area contributed by atoms with Crippen LogP contribution in [-0.4, -0.2) is 23.9 Å². The van der Waals surface area contributed by atoms with Crippen molar-refractivity contribution in [3.8, 4) is 0 Å². The molecular formula is C9H13NO. The van der Waals surface area contributed by atoms with Crippen molar-refractivity contribution in [2.45, 2.75) is 25.3 Å². The molecule has 2 bridgehead atoms. The molecule has 60 valence electrons. The van der Waals surface area contributed by atoms with Gasteiger partial charge in [-0.15, -0.1) is 0 Å². The van der Waals surface area contributed by atoms with Crippen LogP contribution in [0.4, 0.5) is 0 Å². The first kappa shape index (κ1) is 6.04. The third-order valence-corrected chi connectivity index (χ3v) is 3.94. The van der Waals surface area contributed by atoms with Crippen molar-refractivity contribution < 1.29 is 4.79 Å². The third-order valence-electron chi connectivity index (χ3n) is 3.94. The number of amides is 1. The molecule has 2 nitrogen and oxygen atoms in total. The average molecular weight is 151 g/mol. The fraction of sp³-hybridized carbons (Fsp3) is 0.889. The Balaban J connectivity index is 2.05. The summed E-state index contributed by atoms with van der Waals surface area (Å²) in [6, 6.07) is 0.631. The lowest BCUT2D eigenvalue weighted by molar-refractivity contribution is -0.130. The zero-order chi connectivity index (χ0) is 7.59. The fourth-order valence-electron chi connectivity index (χ4n) is 3.47. The zero-order valence-electron chi connectivity index (χ0n) is 6.79. The van der Waals surface area contributed by atoms with Gasteiger partial charge in [0.1, 0.15) is 0 Å². The van der Waals surface area contributed by atoms with Crippen LogP contribution in [0.3, 0.4) is 0 Å². The van der Waals surface area contributed by atoms with Gasteiger partial charge in [-0.25, -0.2) is 0 Å². The number of carbonyl (C=O) groups excluding carboxylic acids is 1. The third kappa shape index (κ3) is 0.534. The summed E-state index contributed by atoms with van der Waals surface area (Å²) in [6.45, 7) is 0. The molecule has 4 atom stereocenters. The Morgan fingerprint density at radius 1 is 1.36 bits per heavy atom. The highest BCUT2D eigenvalue weighted by Crippen LogP contribution is 2.54. The molecule has 0 radical (unpaired) electrons. The molecule has 3 rings (SSSR count). The van der Waals surface area contributed by atoms with Crippen LogP contribution in [0, 0.1) is 17.8 Å². The Hall–Kier alpha value is -0.530. The molecule has 0 aromatic carbocycles. The highest BCUT2D eigenvalue weighted by molar-refractivity contribution is 5.82. The van der Waals surface area contributed by atoms with Crippen LogP contribution < -0.4 is 0 Å². The lowest BCUT2D eigenvalue weighted by Gasteiger charge is -2.19. The van der Waals surface area contributed by atoms with Crippen LogP contribution in [0.2, 0.25) is 0 Å². The Kier molecular flexibility index (Phi) is 0.890. The standard InChI is InChI=1S/C9H13NO/c1-10-8-4-5-2-6(8)7(3-5)9(10)11/h5-8H,2-4H2,1H3/t5-,6-,7-,8-/m1/s1. The second-order valence-electron chi connectivity index (χ2n) is 4.36. The minimum atomic E-state index is 0.431. The molecule has 0 aromatic heterocycles. The molecule has 3 fully saturated rings. The van der Waals surface area contributed by atoms with E-state index in [0.29, 0.717) is 17.9 Å². The van der Waals surface area contributed by atoms with Crippen LogP contribution in [0.15, 0.2) is 0 Å². The Bertz CT molecular complexity index is 226. The van der Waals surface area contributed by atoms with Gasteiger partial charge in [-0.3, -0.25) is 4.79 Å². The van der Waals surface area contributed by atoms with Gasteiger partial charge in [0, 0.05) is 19.0 Å². The highest BCUT2D eigenvalue weighted by Gasteiger charge is 2.56. The Morgan fingerprint density at radius 3 is 2.73 bits per heavy atom. The summed E-state index contributed by atoms with van der Waals surface area (Å²) >= 11 is 0. The molecule has 2 saturated carbocycles. The summed E-state index contributed by atoms with van der Waals surface area (Å²) in [4.78, 5) is 13.6. The van der Waals surface area contributed by atoms with Crippen LogP contribution in [0.25, 0.3) is 0 Å². The molecule has 0 aromatic rings. The van der Waals surface area contributed by atoms with Crippen molar-refractivity contribution in [2.24, 2.45) is 17.8 Å². The molecule has 2 heteroatoms. The number of carbonyl (C=O) groups is 1. The van der Waals surface area contributed by atoms with Gasteiger partial charge in [-0.1, -0.05) is 0 Å². The molecule has 0 unspecified atom stereocenters. The topological polar surface area (TPSA) is 20.3 Å². The second-order valence-corrected chi connectivity index (χ2v) is 4.36. The molecule has 3 aliphatic rings. The van der Waals surface area contributed by atoms with Crippen molar-refractivity contribution in [2.75, 3.05) is 7.05 Å². The number of nitrogens with zero attached hydrogens (tertiary/aromatic N) is 1. The van der Waals surface area contributed by atoms with E-state index >= 15 is 0 Å². The highest BCUT2D eigenvalue weighted by atomic mass is 16.2. The van der Waals surface area contributed by atoms with Crippen molar-refractivity contribution in [3.63, 3.8) is 0 Å². The van der Waals surface area contributed by atoms with E-state index in [1.165, 1.54) is 19.3 Å². The molecule has 2 aliphatic carbocycles. The molecule has 0 spiro atoms. The number of hydrogen-bond acceptors (Lipinski definition) is 1. The van der Waals surface area contributed by atoms with E-state index in [4.69, 9.17) is 0 Å². The smallest absolute Gasteiger partial charge is 0.226 e. The molecule has 1 aliphatic heterocycles. The lowest BCUT2D eigenvalue weighted by atomic mass is 9.90. The van der Waals surface area contributed by atoms with E-state index in [-0.39, 0.29) is 0 Å². The minimum Gasteiger partial charge on any atom is -0.342 e. The van der Waals surface area contributed by atoms with Gasteiger partial charge in [-0.05, 0) is 31.1 Å². The number of hydrogen-bond donors (Lipinski definition) is 0. The minimum absolute atomic E-state index is 0.431. The largest absolute Gasteiger partial charge is 0.342 e. The van der Waals surface area contributed by atoms with E-state index in [9.17, 15) is 4.79 Å². The lowest BCUT2D eigenvalue weighted by Crippen LogP contribution is -2.28. The molecule has 1 saturated heterocycles. The van der Waals surface area contributed by atoms with Gasteiger partial charge in [0.05, 0.1) is 0 Å². The van der Waals surface area contributed by atoms with E-state index in [1.807, 2.05) is 11.9 Å². The SMILES string of the molecule is CN1C(=O)[C@@H]2C[C@H]3C[C@H]2[C@H]1C3. The maximum absolute atomic E-state index is 11.5. The Labute approximate surface area is 66.6 Å². The monoisotopic (exact) mass is 151 g/mol. The van der Waals surface area contributed by atoms with Crippen LogP contribution >= 0.6 is 0 Å². The fourth-order valence-corrected chi connectivity index (χ4v) is 3.47. The van der Waals surface area contributed by atoms with Crippen molar-refractivity contribution in [1.82, 2.24) is 4.90 Å². The van der Waals surface area contributed by atoms with Crippen LogP contribution in [-0.2, 0) is 4.79 Å². The van der Waals surface area contributed by atoms with Gasteiger partial charge in [0.15, 0.2) is 0 Å². The van der Waals surface area contributed by atoms with E-state index in [2.05, 4.69) is 0 Å². The first-order valence-corrected chi connectivity index (χ1v) is 4.54. The number of rotatable bonds is 0. The maximum atomic E-state index is 11.5. The van der Waals surface area contributed by atoms with Crippen molar-refractivity contribution >= 4 is 5.91 Å². The van der Waals surface area contributed by atoms with Crippen LogP contribution in [0.5, 0.6) is 0 Å². The quantitative estimate of drug-likeness (QED) is 0.503. The van der Waals surface area contributed by atoms with Gasteiger partial charge in [-0.2, -0.15) is 0 Å². The van der Waals surface area contributed by atoms with Gasteiger partial charge in [0.25, 0.3) is 0 Å². The summed E-state index contributed by atoms with van der Waals surface area (Å²) in [7, 11) is 1.98. The summed E-state index contributed by atoms with van der Waals surface area (Å²) < 4.78 is 0. The summed E-state index contributed by atoms with van der Waals surface area (Å²) in [5.41, 5.74) is 0. The first-order valence-electron chi connectivity index (χ1n) is 4.54. The number of likely N-dealkylation sites (tertiary alicyclic amines) is 1. The normalized spacial score (nSPS) is 52.8. The van der Waals surface area contributed by atoms with Gasteiger partial charge >= 0.3 is 0 Å². The predicted molar refractivity (Wildman–Crippen MR) is 40.9 cm³/mol. The summed E-state index contributed by atoms with van der Waals surface area (Å²) in [5, 5.41) is 0. The second kappa shape index (κ2) is 1.62. The summed E-state index contributed by atoms with van der Waals surface area (Å²) in [6.07, 6.45) is 3.83. The van der Waals surface area contributed by atoms with Crippen LogP contribution in [0.1, 0.15) is 19.3 Å². The molecule has 0 N–H and O–H groups in total. The average Bonchev–Trinajstić information content (AvgIpc) is 2.60. The van der Waals surface area contributed by atoms with Gasteiger partial charge in [0.2, 0.25) is 5.91 Å². The Morgan fingerprint density at radius 2 is 2.18 bits per heavy atom. The van der Waals surface area contributed by atoms with E-state index in [1.54, 1.807) is 0 Å². The molecule has 1 amide bonds. The molecular weight excluding hydrogens is 138 g/mol. The predicted octanol–water partition coefficient (Wildman–Crippen LogP) is 0.873. The van der Waals surface area contributed by atoms with E-state index < -0.39 is 0 Å². The number of fused-ring (bicyclic) bond motifs is 1. The zero-order valence-corrected chi connectivity index (χ0v) is 6.79. The van der Waals surface area contributed by atoms with Crippen molar-refractivity contribution in [3.05, 3.63) is 0 Å². The first-order chi connectivity index (χ1) is 5.27. The molecule has 1 heterocycles. The summed E-state index contributed by atoms with van der Waals surface area (Å²) in [5.74, 6) is 2.50. The van der Waals surface area contributed by atoms with E-state index in [0.717, 1.165) is 11.8 Å².